The molecule has 3 heterocycles. The fraction of sp³-hybridized carbons (Fsp3) is 0.714. The Morgan fingerprint density at radius 3 is 1.76 bits per heavy atom. The molecule has 0 aromatic rings. The third-order valence-corrected chi connectivity index (χ3v) is 8.22. The topological polar surface area (TPSA) is 281 Å². The quantitative estimate of drug-likeness (QED) is 0.0785. The summed E-state index contributed by atoms with van der Waals surface area (Å²) in [5.41, 5.74) is 0. The first-order chi connectivity index (χ1) is 27.4. The van der Waals surface area contributed by atoms with E-state index in [-0.39, 0.29) is 19.7 Å². The van der Waals surface area contributed by atoms with E-state index in [0.29, 0.717) is 12.8 Å². The minimum absolute atomic E-state index is 0.0421. The lowest BCUT2D eigenvalue weighted by Crippen LogP contribution is -2.66. The van der Waals surface area contributed by atoms with E-state index >= 15 is 0 Å². The van der Waals surface area contributed by atoms with Crippen LogP contribution in [0.3, 0.4) is 0 Å². The predicted molar refractivity (Wildman–Crippen MR) is 186 cm³/mol. The molecule has 4 unspecified atom stereocenters. The van der Waals surface area contributed by atoms with Crippen molar-refractivity contribution in [3.63, 3.8) is 0 Å². The molecule has 3 aliphatic heterocycles. The van der Waals surface area contributed by atoms with Gasteiger partial charge in [0.2, 0.25) is 0 Å². The highest BCUT2D eigenvalue weighted by molar-refractivity contribution is 5.77. The molecule has 0 aromatic heterocycles. The maximum Gasteiger partial charge on any atom is 0.407 e. The van der Waals surface area contributed by atoms with Crippen molar-refractivity contribution in [2.24, 2.45) is 0 Å². The standard InChI is InChI=1S/C35H50N2O21/c1-9-10-11-14-47-33(44)36-12-13-37-34(45)49-16-23-25(27(52-20(5)41)29-31(55-23)58-35(7,57-29)32(43)46-8)56-30-28(53-21(6)42)26(51-19(4)40)24(50-18(3)39)22(54-30)15-48-17(2)38/h9,22-31H,1,10-16H2,2-8H3,(H,36,44)(H,37,45)/t22?,23-,24-,25+,26-,27?,28?,29?,30-,31+,35+/m0/s1. The number of methoxy groups -OCH3 is 1. The Bertz CT molecular complexity index is 1510. The number of nitrogens with one attached hydrogen (secondary N) is 2. The van der Waals surface area contributed by atoms with Crippen LogP contribution in [0.4, 0.5) is 9.59 Å². The Labute approximate surface area is 332 Å². The van der Waals surface area contributed by atoms with Gasteiger partial charge in [0.1, 0.15) is 31.5 Å². The average Bonchev–Trinajstić information content (AvgIpc) is 3.49. The predicted octanol–water partition coefficient (Wildman–Crippen LogP) is -0.165. The number of carbonyl (C=O) groups excluding carboxylic acids is 8. The van der Waals surface area contributed by atoms with Gasteiger partial charge in [0.25, 0.3) is 5.79 Å². The summed E-state index contributed by atoms with van der Waals surface area (Å²) in [6, 6.07) is 0. The molecule has 0 radical (unpaired) electrons. The fourth-order valence-corrected chi connectivity index (χ4v) is 5.95. The van der Waals surface area contributed by atoms with Crippen molar-refractivity contribution in [2.75, 3.05) is 40.0 Å². The Balaban J connectivity index is 1.97. The van der Waals surface area contributed by atoms with Crippen LogP contribution >= 0.6 is 0 Å². The van der Waals surface area contributed by atoms with Crippen LogP contribution in [0.2, 0.25) is 0 Å². The van der Waals surface area contributed by atoms with Gasteiger partial charge in [0, 0.05) is 54.6 Å². The van der Waals surface area contributed by atoms with Crippen molar-refractivity contribution in [1.29, 1.82) is 0 Å². The van der Waals surface area contributed by atoms with Gasteiger partial charge in [-0.25, -0.2) is 14.4 Å². The second kappa shape index (κ2) is 22.2. The van der Waals surface area contributed by atoms with E-state index in [0.717, 1.165) is 41.7 Å². The molecule has 0 aromatic carbocycles. The lowest BCUT2D eigenvalue weighted by molar-refractivity contribution is -0.348. The number of fused-ring (bicyclic) bond motifs is 1. The number of alkyl carbamates (subject to hydrolysis) is 2. The van der Waals surface area contributed by atoms with E-state index in [4.69, 9.17) is 61.6 Å². The molecule has 0 spiro atoms. The van der Waals surface area contributed by atoms with E-state index in [9.17, 15) is 38.4 Å². The second-order valence-electron chi connectivity index (χ2n) is 12.9. The summed E-state index contributed by atoms with van der Waals surface area (Å²) in [7, 11) is 1.07. The zero-order chi connectivity index (χ0) is 43.2. The average molecular weight is 835 g/mol. The molecule has 3 aliphatic rings. The number of hydrogen-bond acceptors (Lipinski definition) is 21. The van der Waals surface area contributed by atoms with Gasteiger partial charge in [-0.1, -0.05) is 6.08 Å². The van der Waals surface area contributed by atoms with Crippen LogP contribution in [-0.2, 0) is 90.3 Å². The lowest BCUT2D eigenvalue weighted by atomic mass is 9.96. The normalized spacial score (nSPS) is 29.9. The molecule has 3 fully saturated rings. The minimum atomic E-state index is -2.10. The molecule has 23 heteroatoms. The number of ether oxygens (including phenoxy) is 13. The molecule has 11 atom stereocenters. The highest BCUT2D eigenvalue weighted by Gasteiger charge is 2.62. The van der Waals surface area contributed by atoms with Gasteiger partial charge in [-0.2, -0.15) is 0 Å². The number of carbonyl (C=O) groups is 8. The van der Waals surface area contributed by atoms with Crippen molar-refractivity contribution >= 4 is 48.0 Å². The summed E-state index contributed by atoms with van der Waals surface area (Å²) in [6.45, 7) is 8.76. The third-order valence-electron chi connectivity index (χ3n) is 8.22. The van der Waals surface area contributed by atoms with Crippen molar-refractivity contribution in [3.8, 4) is 0 Å². The molecule has 0 aliphatic carbocycles. The first kappa shape index (κ1) is 47.3. The lowest BCUT2D eigenvalue weighted by Gasteiger charge is -2.47. The molecule has 0 bridgehead atoms. The molecule has 23 nitrogen and oxygen atoms in total. The minimum Gasteiger partial charge on any atom is -0.465 e. The zero-order valence-corrected chi connectivity index (χ0v) is 33.1. The van der Waals surface area contributed by atoms with E-state index in [1.165, 1.54) is 6.92 Å². The molecule has 326 valence electrons. The summed E-state index contributed by atoms with van der Waals surface area (Å²) in [5.74, 6) is -7.49. The Hall–Kier alpha value is -5.10. The summed E-state index contributed by atoms with van der Waals surface area (Å²) in [6.07, 6.45) is -14.6. The maximum atomic E-state index is 12.8. The molecular formula is C35H50N2O21. The van der Waals surface area contributed by atoms with E-state index in [2.05, 4.69) is 17.2 Å². The number of allylic oxidation sites excluding steroid dienone is 1. The first-order valence-electron chi connectivity index (χ1n) is 18.0. The Morgan fingerprint density at radius 1 is 0.655 bits per heavy atom. The molecule has 3 rings (SSSR count). The summed E-state index contributed by atoms with van der Waals surface area (Å²) in [5, 5.41) is 4.87. The Kier molecular flexibility index (Phi) is 18.1. The van der Waals surface area contributed by atoms with Gasteiger partial charge in [-0.3, -0.25) is 24.0 Å². The Morgan fingerprint density at radius 2 is 1.19 bits per heavy atom. The van der Waals surface area contributed by atoms with Crippen LogP contribution in [-0.4, -0.2) is 155 Å². The van der Waals surface area contributed by atoms with Crippen LogP contribution in [0, 0.1) is 0 Å². The number of hydrogen-bond donors (Lipinski definition) is 2. The summed E-state index contributed by atoms with van der Waals surface area (Å²) < 4.78 is 72.5. The van der Waals surface area contributed by atoms with Gasteiger partial charge in [0.05, 0.1) is 13.7 Å². The van der Waals surface area contributed by atoms with Crippen molar-refractivity contribution in [1.82, 2.24) is 10.6 Å². The molecule has 0 saturated carbocycles. The summed E-state index contributed by atoms with van der Waals surface area (Å²) in [4.78, 5) is 98.8. The molecule has 2 N–H and O–H groups in total. The highest BCUT2D eigenvalue weighted by Crippen LogP contribution is 2.41. The second-order valence-corrected chi connectivity index (χ2v) is 12.9. The van der Waals surface area contributed by atoms with Crippen LogP contribution in [0.1, 0.15) is 54.4 Å². The largest absolute Gasteiger partial charge is 0.465 e. The van der Waals surface area contributed by atoms with Crippen molar-refractivity contribution in [3.05, 3.63) is 12.7 Å². The molecular weight excluding hydrogens is 784 g/mol. The fourth-order valence-electron chi connectivity index (χ4n) is 5.95. The molecule has 58 heavy (non-hydrogen) atoms. The number of unbranched alkanes of at least 4 members (excludes halogenated alkanes) is 1. The number of amides is 2. The van der Waals surface area contributed by atoms with Crippen LogP contribution in [0.15, 0.2) is 12.7 Å². The maximum absolute atomic E-state index is 12.8. The molecule has 2 amide bonds. The third kappa shape index (κ3) is 13.8. The van der Waals surface area contributed by atoms with E-state index in [1.54, 1.807) is 6.08 Å². The van der Waals surface area contributed by atoms with Crippen LogP contribution < -0.4 is 10.6 Å². The van der Waals surface area contributed by atoms with Crippen LogP contribution in [0.25, 0.3) is 0 Å². The SMILES string of the molecule is C=CCCCOC(=O)NCCNC(=O)OC[C@@H]1O[C@@H]2O[C@](C)(C(=O)OC)OC2C(OC(C)=O)[C@@H]1O[C@@H]1OC(COC(C)=O)[C@H](OC(C)=O)[C@H](OC(C)=O)C1OC(C)=O. The van der Waals surface area contributed by atoms with E-state index in [1.807, 2.05) is 0 Å². The van der Waals surface area contributed by atoms with Gasteiger partial charge in [-0.15, -0.1) is 6.58 Å². The van der Waals surface area contributed by atoms with Crippen LogP contribution in [0.5, 0.6) is 0 Å². The zero-order valence-electron chi connectivity index (χ0n) is 33.1. The monoisotopic (exact) mass is 834 g/mol. The van der Waals surface area contributed by atoms with Gasteiger partial charge in [-0.05, 0) is 12.8 Å². The number of rotatable bonds is 18. The summed E-state index contributed by atoms with van der Waals surface area (Å²) >= 11 is 0. The van der Waals surface area contributed by atoms with Crippen molar-refractivity contribution in [2.45, 2.75) is 122 Å². The number of esters is 6. The van der Waals surface area contributed by atoms with Gasteiger partial charge in [0.15, 0.2) is 43.1 Å². The van der Waals surface area contributed by atoms with Gasteiger partial charge < -0.3 is 72.2 Å². The first-order valence-corrected chi connectivity index (χ1v) is 18.0. The smallest absolute Gasteiger partial charge is 0.407 e. The van der Waals surface area contributed by atoms with E-state index < -0.39 is 128 Å². The molecule has 3 saturated heterocycles. The highest BCUT2D eigenvalue weighted by atomic mass is 16.9. The van der Waals surface area contributed by atoms with Crippen molar-refractivity contribution < 1.29 is 99.9 Å². The van der Waals surface area contributed by atoms with Gasteiger partial charge >= 0.3 is 48.0 Å².